The van der Waals surface area contributed by atoms with Crippen molar-refractivity contribution in [3.05, 3.63) is 0 Å². The molecule has 2 aliphatic heterocycles. The van der Waals surface area contributed by atoms with Crippen molar-refractivity contribution in [1.82, 2.24) is 20.9 Å². The molecule has 4 atom stereocenters. The first-order valence-corrected chi connectivity index (χ1v) is 12.6. The maximum Gasteiger partial charge on any atom is 0.326 e. The van der Waals surface area contributed by atoms with E-state index in [9.17, 15) is 24.3 Å². The number of carboxylic acids is 1. The number of carboxylic acid groups (broad SMARTS) is 1. The van der Waals surface area contributed by atoms with E-state index in [0.717, 1.165) is 13.0 Å². The lowest BCUT2D eigenvalue weighted by Gasteiger charge is -2.30. The van der Waals surface area contributed by atoms with Gasteiger partial charge in [0.15, 0.2) is 11.9 Å². The number of nitrogens with one attached hydrogen (secondary N) is 3. The van der Waals surface area contributed by atoms with Gasteiger partial charge in [0.1, 0.15) is 18.1 Å². The molecule has 0 bridgehead atoms. The molecular weight excluding hydrogens is 484 g/mol. The van der Waals surface area contributed by atoms with Gasteiger partial charge in [-0.1, -0.05) is 0 Å². The molecule has 12 N–H and O–H groups in total. The molecule has 0 aromatic carbocycles. The van der Waals surface area contributed by atoms with E-state index < -0.39 is 35.9 Å². The molecule has 15 nitrogen and oxygen atoms in total. The van der Waals surface area contributed by atoms with Crippen LogP contribution in [0.15, 0.2) is 9.98 Å². The highest BCUT2D eigenvalue weighted by molar-refractivity contribution is 5.94. The lowest BCUT2D eigenvalue weighted by Crippen LogP contribution is -2.56. The Bertz CT molecular complexity index is 866. The number of amides is 3. The van der Waals surface area contributed by atoms with Crippen molar-refractivity contribution in [3.63, 3.8) is 0 Å². The van der Waals surface area contributed by atoms with Gasteiger partial charge in [-0.25, -0.2) is 4.79 Å². The number of carbonyl (C=O) groups is 4. The first-order valence-electron chi connectivity index (χ1n) is 12.6. The average Bonchev–Trinajstić information content (AvgIpc) is 3.54. The van der Waals surface area contributed by atoms with E-state index in [2.05, 4.69) is 25.9 Å². The minimum atomic E-state index is -1.19. The lowest BCUT2D eigenvalue weighted by atomic mass is 10.1. The van der Waals surface area contributed by atoms with E-state index in [1.54, 1.807) is 0 Å². The standard InChI is InChI=1S/C22H40N10O5/c23-21(24)28-10-2-6-14(30-17(33)13-5-1-9-27-13)19(35)32-12-4-8-16(32)18(34)31-15(20(36)37)7-3-11-29-22(25)26/h13-16,27H,1-12H2,(H,30,33)(H,31,34)(H,36,37)(H4,23,24,28)(H4,25,26,29)/t13-,14-,15-,16-/m0/s1. The topological polar surface area (TPSA) is 257 Å². The number of likely N-dealkylation sites (tertiary alicyclic amines) is 1. The zero-order valence-electron chi connectivity index (χ0n) is 21.0. The number of nitrogens with zero attached hydrogens (tertiary/aromatic N) is 3. The Morgan fingerprint density at radius 2 is 1.49 bits per heavy atom. The van der Waals surface area contributed by atoms with Gasteiger partial charge in [0.25, 0.3) is 0 Å². The van der Waals surface area contributed by atoms with Crippen LogP contribution in [0.25, 0.3) is 0 Å². The third kappa shape index (κ3) is 9.74. The van der Waals surface area contributed by atoms with Gasteiger partial charge in [0.05, 0.1) is 6.04 Å². The molecule has 0 aromatic rings. The second-order valence-corrected chi connectivity index (χ2v) is 9.20. The van der Waals surface area contributed by atoms with Crippen LogP contribution in [-0.2, 0) is 19.2 Å². The van der Waals surface area contributed by atoms with Gasteiger partial charge in [-0.05, 0) is 57.9 Å². The van der Waals surface area contributed by atoms with E-state index in [1.807, 2.05) is 0 Å². The molecule has 0 saturated carbocycles. The van der Waals surface area contributed by atoms with Crippen LogP contribution in [0.3, 0.4) is 0 Å². The van der Waals surface area contributed by atoms with Crippen LogP contribution in [0.2, 0.25) is 0 Å². The molecule has 2 saturated heterocycles. The molecule has 2 fully saturated rings. The number of aliphatic imine (C=N–C) groups is 2. The number of nitrogens with two attached hydrogens (primary N) is 4. The molecule has 15 heteroatoms. The van der Waals surface area contributed by atoms with Crippen LogP contribution in [0.4, 0.5) is 0 Å². The van der Waals surface area contributed by atoms with Gasteiger partial charge >= 0.3 is 5.97 Å². The summed E-state index contributed by atoms with van der Waals surface area (Å²) < 4.78 is 0. The molecule has 2 aliphatic rings. The summed E-state index contributed by atoms with van der Waals surface area (Å²) in [6.45, 7) is 1.56. The van der Waals surface area contributed by atoms with Crippen LogP contribution in [0.5, 0.6) is 0 Å². The number of hydrogen-bond donors (Lipinski definition) is 8. The molecule has 37 heavy (non-hydrogen) atoms. The molecule has 2 rings (SSSR count). The van der Waals surface area contributed by atoms with Crippen LogP contribution in [-0.4, -0.2) is 96.0 Å². The maximum absolute atomic E-state index is 13.5. The SMILES string of the molecule is NC(N)=NCCC[C@H](NC(=O)[C@@H]1CCCN1C(=O)[C@H](CCCN=C(N)N)NC(=O)[C@@H]1CCCN1)C(=O)O. The monoisotopic (exact) mass is 524 g/mol. The van der Waals surface area contributed by atoms with E-state index >= 15 is 0 Å². The Labute approximate surface area is 215 Å². The summed E-state index contributed by atoms with van der Waals surface area (Å²) >= 11 is 0. The quantitative estimate of drug-likeness (QED) is 0.0644. The van der Waals surface area contributed by atoms with Crippen molar-refractivity contribution in [2.75, 3.05) is 26.2 Å². The van der Waals surface area contributed by atoms with Crippen molar-refractivity contribution in [1.29, 1.82) is 0 Å². The molecule has 0 spiro atoms. The fourth-order valence-corrected chi connectivity index (χ4v) is 4.47. The van der Waals surface area contributed by atoms with Crippen LogP contribution in [0.1, 0.15) is 51.4 Å². The van der Waals surface area contributed by atoms with Crippen molar-refractivity contribution in [2.45, 2.75) is 75.5 Å². The first kappa shape index (κ1) is 29.6. The largest absolute Gasteiger partial charge is 0.480 e. The van der Waals surface area contributed by atoms with Crippen LogP contribution in [0, 0.1) is 0 Å². The smallest absolute Gasteiger partial charge is 0.326 e. The average molecular weight is 525 g/mol. The number of aliphatic carboxylic acids is 1. The molecule has 0 aromatic heterocycles. The van der Waals surface area contributed by atoms with Gasteiger partial charge in [-0.2, -0.15) is 0 Å². The van der Waals surface area contributed by atoms with Crippen molar-refractivity contribution in [3.8, 4) is 0 Å². The molecule has 0 unspecified atom stereocenters. The summed E-state index contributed by atoms with van der Waals surface area (Å²) in [5.74, 6) is -2.58. The Morgan fingerprint density at radius 3 is 2.03 bits per heavy atom. The zero-order valence-corrected chi connectivity index (χ0v) is 21.0. The summed E-state index contributed by atoms with van der Waals surface area (Å²) in [6.07, 6.45) is 3.69. The van der Waals surface area contributed by atoms with Crippen LogP contribution >= 0.6 is 0 Å². The summed E-state index contributed by atoms with van der Waals surface area (Å²) in [5, 5.41) is 18.0. The van der Waals surface area contributed by atoms with Crippen molar-refractivity contribution >= 4 is 35.6 Å². The number of carbonyl (C=O) groups excluding carboxylic acids is 3. The highest BCUT2D eigenvalue weighted by Gasteiger charge is 2.39. The Morgan fingerprint density at radius 1 is 0.892 bits per heavy atom. The van der Waals surface area contributed by atoms with E-state index in [1.165, 1.54) is 4.90 Å². The number of rotatable bonds is 14. The van der Waals surface area contributed by atoms with E-state index in [-0.39, 0.29) is 49.8 Å². The maximum atomic E-state index is 13.5. The summed E-state index contributed by atoms with van der Waals surface area (Å²) in [6, 6.07) is -3.23. The molecule has 0 radical (unpaired) electrons. The van der Waals surface area contributed by atoms with Gasteiger partial charge in [-0.15, -0.1) is 0 Å². The minimum absolute atomic E-state index is 0.0652. The predicted octanol–water partition coefficient (Wildman–Crippen LogP) is -3.11. The summed E-state index contributed by atoms with van der Waals surface area (Å²) in [5.41, 5.74) is 21.3. The van der Waals surface area contributed by atoms with E-state index in [0.29, 0.717) is 38.6 Å². The van der Waals surface area contributed by atoms with Gasteiger partial charge in [0, 0.05) is 19.6 Å². The molecule has 3 amide bonds. The fourth-order valence-electron chi connectivity index (χ4n) is 4.47. The second-order valence-electron chi connectivity index (χ2n) is 9.20. The lowest BCUT2D eigenvalue weighted by molar-refractivity contribution is -0.145. The normalized spacial score (nSPS) is 20.5. The second kappa shape index (κ2) is 14.8. The first-order chi connectivity index (χ1) is 17.6. The fraction of sp³-hybridized carbons (Fsp3) is 0.727. The van der Waals surface area contributed by atoms with Gasteiger partial charge in [-0.3, -0.25) is 24.4 Å². The molecule has 0 aliphatic carbocycles. The summed E-state index contributed by atoms with van der Waals surface area (Å²) in [4.78, 5) is 60.1. The van der Waals surface area contributed by atoms with E-state index in [4.69, 9.17) is 22.9 Å². The van der Waals surface area contributed by atoms with Crippen molar-refractivity contribution < 1.29 is 24.3 Å². The van der Waals surface area contributed by atoms with Crippen LogP contribution < -0.4 is 38.9 Å². The Kier molecular flexibility index (Phi) is 11.9. The zero-order chi connectivity index (χ0) is 27.4. The van der Waals surface area contributed by atoms with Crippen molar-refractivity contribution in [2.24, 2.45) is 32.9 Å². The number of hydrogen-bond acceptors (Lipinski definition) is 7. The Balaban J connectivity index is 2.06. The molecular formula is C22H40N10O5. The third-order valence-corrected chi connectivity index (χ3v) is 6.34. The highest BCUT2D eigenvalue weighted by Crippen LogP contribution is 2.20. The van der Waals surface area contributed by atoms with Gasteiger partial charge in [0.2, 0.25) is 17.7 Å². The predicted molar refractivity (Wildman–Crippen MR) is 137 cm³/mol. The summed E-state index contributed by atoms with van der Waals surface area (Å²) in [7, 11) is 0. The highest BCUT2D eigenvalue weighted by atomic mass is 16.4. The number of guanidine groups is 2. The Hall–Kier alpha value is -3.62. The minimum Gasteiger partial charge on any atom is -0.480 e. The molecule has 208 valence electrons. The van der Waals surface area contributed by atoms with Gasteiger partial charge < -0.3 is 48.9 Å². The molecule has 2 heterocycles. The third-order valence-electron chi connectivity index (χ3n) is 6.34.